The van der Waals surface area contributed by atoms with Crippen LogP contribution in [-0.2, 0) is 5.41 Å². The fraction of sp³-hybridized carbons (Fsp3) is 0.867. The first kappa shape index (κ1) is 13.1. The number of aromatic nitrogens is 2. The Morgan fingerprint density at radius 2 is 2.00 bits per heavy atom. The van der Waals surface area contributed by atoms with Gasteiger partial charge in [-0.25, -0.2) is 0 Å². The van der Waals surface area contributed by atoms with E-state index in [2.05, 4.69) is 31.2 Å². The fourth-order valence-electron chi connectivity index (χ4n) is 3.45. The van der Waals surface area contributed by atoms with Crippen LogP contribution in [0.1, 0.15) is 70.5 Å². The van der Waals surface area contributed by atoms with Gasteiger partial charge >= 0.3 is 0 Å². The third-order valence-electron chi connectivity index (χ3n) is 5.01. The van der Waals surface area contributed by atoms with E-state index in [1.54, 1.807) is 0 Å². The van der Waals surface area contributed by atoms with Crippen molar-refractivity contribution in [1.29, 1.82) is 0 Å². The standard InChI is InChI=1S/C15H25N3O/c1-4-5-15(6-8-16-9-7-15)13-17-12(18-19-13)11-10-14(11,2)3/h11,16H,4-10H2,1-3H3. The Hall–Kier alpha value is -0.900. The molecule has 3 rings (SSSR count). The highest BCUT2D eigenvalue weighted by Gasteiger charge is 2.50. The molecule has 0 bridgehead atoms. The highest BCUT2D eigenvalue weighted by Crippen LogP contribution is 2.57. The van der Waals surface area contributed by atoms with Crippen LogP contribution in [0.15, 0.2) is 4.52 Å². The molecule has 2 aliphatic rings. The smallest absolute Gasteiger partial charge is 0.232 e. The molecule has 0 aromatic carbocycles. The van der Waals surface area contributed by atoms with E-state index in [1.807, 2.05) is 0 Å². The number of nitrogens with zero attached hydrogens (tertiary/aromatic N) is 2. The zero-order chi connectivity index (χ0) is 13.5. The van der Waals surface area contributed by atoms with Crippen molar-refractivity contribution >= 4 is 0 Å². The van der Waals surface area contributed by atoms with Crippen molar-refractivity contribution in [2.45, 2.75) is 64.2 Å². The molecule has 1 aliphatic heterocycles. The second-order valence-electron chi connectivity index (χ2n) is 6.98. The van der Waals surface area contributed by atoms with E-state index < -0.39 is 0 Å². The lowest BCUT2D eigenvalue weighted by atomic mass is 9.75. The zero-order valence-corrected chi connectivity index (χ0v) is 12.3. The van der Waals surface area contributed by atoms with Gasteiger partial charge in [0.1, 0.15) is 0 Å². The molecule has 4 nitrogen and oxygen atoms in total. The minimum atomic E-state index is 0.129. The largest absolute Gasteiger partial charge is 0.339 e. The Morgan fingerprint density at radius 1 is 1.32 bits per heavy atom. The summed E-state index contributed by atoms with van der Waals surface area (Å²) < 4.78 is 5.67. The molecule has 0 radical (unpaired) electrons. The summed E-state index contributed by atoms with van der Waals surface area (Å²) >= 11 is 0. The van der Waals surface area contributed by atoms with Crippen molar-refractivity contribution < 1.29 is 4.52 Å². The van der Waals surface area contributed by atoms with Gasteiger partial charge in [0.05, 0.1) is 5.41 Å². The summed E-state index contributed by atoms with van der Waals surface area (Å²) in [6.07, 6.45) is 5.76. The first-order valence-electron chi connectivity index (χ1n) is 7.62. The van der Waals surface area contributed by atoms with E-state index in [4.69, 9.17) is 9.51 Å². The van der Waals surface area contributed by atoms with Crippen LogP contribution in [0.3, 0.4) is 0 Å². The second-order valence-corrected chi connectivity index (χ2v) is 6.98. The third-order valence-corrected chi connectivity index (χ3v) is 5.01. The maximum atomic E-state index is 5.67. The lowest BCUT2D eigenvalue weighted by Gasteiger charge is -2.34. The summed E-state index contributed by atoms with van der Waals surface area (Å²) in [5.74, 6) is 2.34. The minimum Gasteiger partial charge on any atom is -0.339 e. The maximum Gasteiger partial charge on any atom is 0.232 e. The van der Waals surface area contributed by atoms with Crippen LogP contribution in [0.25, 0.3) is 0 Å². The van der Waals surface area contributed by atoms with Gasteiger partial charge in [-0.05, 0) is 44.2 Å². The Bertz CT molecular complexity index is 440. The van der Waals surface area contributed by atoms with E-state index in [-0.39, 0.29) is 5.41 Å². The van der Waals surface area contributed by atoms with Crippen molar-refractivity contribution in [2.75, 3.05) is 13.1 Å². The minimum absolute atomic E-state index is 0.129. The van der Waals surface area contributed by atoms with Gasteiger partial charge in [-0.15, -0.1) is 0 Å². The van der Waals surface area contributed by atoms with Gasteiger partial charge < -0.3 is 9.84 Å². The average Bonchev–Trinajstić information content (AvgIpc) is 2.83. The molecule has 1 aliphatic carbocycles. The van der Waals surface area contributed by atoms with Crippen LogP contribution < -0.4 is 5.32 Å². The highest BCUT2D eigenvalue weighted by atomic mass is 16.5. The fourth-order valence-corrected chi connectivity index (χ4v) is 3.45. The quantitative estimate of drug-likeness (QED) is 0.907. The topological polar surface area (TPSA) is 51.0 Å². The average molecular weight is 263 g/mol. The number of rotatable bonds is 4. The molecule has 19 heavy (non-hydrogen) atoms. The van der Waals surface area contributed by atoms with Gasteiger partial charge in [-0.1, -0.05) is 32.3 Å². The van der Waals surface area contributed by atoms with Crippen molar-refractivity contribution in [2.24, 2.45) is 5.41 Å². The predicted octanol–water partition coefficient (Wildman–Crippen LogP) is 3.00. The summed E-state index contributed by atoms with van der Waals surface area (Å²) in [5.41, 5.74) is 0.497. The summed E-state index contributed by atoms with van der Waals surface area (Å²) in [6.45, 7) is 8.92. The molecule has 1 saturated heterocycles. The van der Waals surface area contributed by atoms with Gasteiger partial charge in [0.2, 0.25) is 5.89 Å². The summed E-state index contributed by atoms with van der Waals surface area (Å²) in [4.78, 5) is 4.78. The molecule has 1 saturated carbocycles. The number of piperidine rings is 1. The van der Waals surface area contributed by atoms with Gasteiger partial charge in [0.15, 0.2) is 5.82 Å². The second kappa shape index (κ2) is 4.58. The van der Waals surface area contributed by atoms with E-state index >= 15 is 0 Å². The molecule has 1 N–H and O–H groups in total. The van der Waals surface area contributed by atoms with Crippen LogP contribution in [0.2, 0.25) is 0 Å². The Balaban J connectivity index is 1.83. The van der Waals surface area contributed by atoms with Crippen LogP contribution in [0.4, 0.5) is 0 Å². The summed E-state index contributed by atoms with van der Waals surface area (Å²) in [7, 11) is 0. The molecule has 106 valence electrons. The van der Waals surface area contributed by atoms with Gasteiger partial charge in [0, 0.05) is 5.92 Å². The molecular weight excluding hydrogens is 238 g/mol. The molecule has 0 spiro atoms. The lowest BCUT2D eigenvalue weighted by molar-refractivity contribution is 0.208. The first-order chi connectivity index (χ1) is 9.07. The van der Waals surface area contributed by atoms with E-state index in [1.165, 1.54) is 12.8 Å². The van der Waals surface area contributed by atoms with Gasteiger partial charge in [0.25, 0.3) is 0 Å². The number of hydrogen-bond acceptors (Lipinski definition) is 4. The van der Waals surface area contributed by atoms with Crippen molar-refractivity contribution in [3.63, 3.8) is 0 Å². The van der Waals surface area contributed by atoms with Gasteiger partial charge in [-0.2, -0.15) is 4.98 Å². The first-order valence-corrected chi connectivity index (χ1v) is 7.62. The number of nitrogens with one attached hydrogen (secondary N) is 1. The SMILES string of the molecule is CCCC1(c2nc(C3CC3(C)C)no2)CCNCC1. The third kappa shape index (κ3) is 2.31. The van der Waals surface area contributed by atoms with Crippen LogP contribution in [0.5, 0.6) is 0 Å². The molecule has 1 atom stereocenters. The summed E-state index contributed by atoms with van der Waals surface area (Å²) in [5, 5.41) is 7.70. The molecule has 1 aromatic rings. The molecule has 1 unspecified atom stereocenters. The van der Waals surface area contributed by atoms with Crippen molar-refractivity contribution in [3.8, 4) is 0 Å². The van der Waals surface area contributed by atoms with Crippen LogP contribution in [0, 0.1) is 5.41 Å². The monoisotopic (exact) mass is 263 g/mol. The van der Waals surface area contributed by atoms with E-state index in [0.717, 1.165) is 44.1 Å². The molecule has 1 aromatic heterocycles. The van der Waals surface area contributed by atoms with Crippen LogP contribution in [-0.4, -0.2) is 23.2 Å². The molecule has 4 heteroatoms. The van der Waals surface area contributed by atoms with Gasteiger partial charge in [-0.3, -0.25) is 0 Å². The van der Waals surface area contributed by atoms with E-state index in [0.29, 0.717) is 11.3 Å². The van der Waals surface area contributed by atoms with Crippen molar-refractivity contribution in [1.82, 2.24) is 15.5 Å². The van der Waals surface area contributed by atoms with Crippen LogP contribution >= 0.6 is 0 Å². The number of hydrogen-bond donors (Lipinski definition) is 1. The Morgan fingerprint density at radius 3 is 2.58 bits per heavy atom. The lowest BCUT2D eigenvalue weighted by Crippen LogP contribution is -2.40. The Labute approximate surface area is 115 Å². The molecular formula is C15H25N3O. The maximum absolute atomic E-state index is 5.67. The molecule has 2 heterocycles. The van der Waals surface area contributed by atoms with E-state index in [9.17, 15) is 0 Å². The summed E-state index contributed by atoms with van der Waals surface area (Å²) in [6, 6.07) is 0. The predicted molar refractivity (Wildman–Crippen MR) is 74.1 cm³/mol. The Kier molecular flexibility index (Phi) is 3.16. The zero-order valence-electron chi connectivity index (χ0n) is 12.3. The molecule has 0 amide bonds. The molecule has 2 fully saturated rings. The normalized spacial score (nSPS) is 28.3. The highest BCUT2D eigenvalue weighted by molar-refractivity contribution is 5.17. The van der Waals surface area contributed by atoms with Crippen molar-refractivity contribution in [3.05, 3.63) is 11.7 Å².